The molecule has 9 heteroatoms. The zero-order valence-electron chi connectivity index (χ0n) is 14.2. The molecule has 0 fully saturated rings. The summed E-state index contributed by atoms with van der Waals surface area (Å²) in [6, 6.07) is 11.5. The number of carbonyl (C=O) groups is 1. The van der Waals surface area contributed by atoms with Crippen molar-refractivity contribution in [3.63, 3.8) is 0 Å². The first-order valence-corrected chi connectivity index (χ1v) is 7.86. The fourth-order valence-corrected chi connectivity index (χ4v) is 2.44. The summed E-state index contributed by atoms with van der Waals surface area (Å²) in [6.07, 6.45) is 0. The molecule has 2 N–H and O–H groups in total. The molecular formula is C17H16N6O3. The molecule has 0 radical (unpaired) electrons. The normalized spacial score (nSPS) is 10.9. The fraction of sp³-hybridized carbons (Fsp3) is 0.176. The van der Waals surface area contributed by atoms with E-state index < -0.39 is 10.8 Å². The minimum atomic E-state index is -0.753. The van der Waals surface area contributed by atoms with Crippen LogP contribution in [-0.2, 0) is 0 Å². The molecule has 9 nitrogen and oxygen atoms in total. The third-order valence-corrected chi connectivity index (χ3v) is 3.92. The van der Waals surface area contributed by atoms with E-state index in [4.69, 9.17) is 5.73 Å². The maximum Gasteiger partial charge on any atom is 0.297 e. The number of tetrazole rings is 1. The van der Waals surface area contributed by atoms with E-state index >= 15 is 0 Å². The second kappa shape index (κ2) is 6.71. The highest BCUT2D eigenvalue weighted by atomic mass is 16.6. The summed E-state index contributed by atoms with van der Waals surface area (Å²) in [5.74, 6) is -0.00942. The Morgan fingerprint density at radius 3 is 2.46 bits per heavy atom. The van der Waals surface area contributed by atoms with Gasteiger partial charge in [-0.25, -0.2) is 0 Å². The Kier molecular flexibility index (Phi) is 4.44. The Hall–Kier alpha value is -3.62. The van der Waals surface area contributed by atoms with Gasteiger partial charge in [-0.15, -0.1) is 15.0 Å². The van der Waals surface area contributed by atoms with Crippen LogP contribution in [0.2, 0.25) is 0 Å². The van der Waals surface area contributed by atoms with E-state index in [-0.39, 0.29) is 16.9 Å². The molecule has 0 spiro atoms. The van der Waals surface area contributed by atoms with Crippen molar-refractivity contribution in [1.82, 2.24) is 20.2 Å². The molecule has 132 valence electrons. The van der Waals surface area contributed by atoms with Gasteiger partial charge in [0.15, 0.2) is 5.69 Å². The lowest BCUT2D eigenvalue weighted by molar-refractivity contribution is -0.384. The molecule has 0 aliphatic rings. The molecule has 0 atom stereocenters. The average molecular weight is 352 g/mol. The van der Waals surface area contributed by atoms with Crippen LogP contribution in [0.1, 0.15) is 35.7 Å². The average Bonchev–Trinajstić information content (AvgIpc) is 3.11. The predicted molar refractivity (Wildman–Crippen MR) is 93.9 cm³/mol. The van der Waals surface area contributed by atoms with Gasteiger partial charge in [0.2, 0.25) is 11.7 Å². The van der Waals surface area contributed by atoms with Crippen molar-refractivity contribution in [2.75, 3.05) is 0 Å². The predicted octanol–water partition coefficient (Wildman–Crippen LogP) is 2.46. The van der Waals surface area contributed by atoms with Crippen molar-refractivity contribution in [3.8, 4) is 17.1 Å². The molecule has 0 aliphatic heterocycles. The summed E-state index contributed by atoms with van der Waals surface area (Å²) in [5.41, 5.74) is 6.89. The third kappa shape index (κ3) is 3.27. The van der Waals surface area contributed by atoms with Crippen LogP contribution in [0.3, 0.4) is 0 Å². The van der Waals surface area contributed by atoms with Gasteiger partial charge in [0.1, 0.15) is 0 Å². The standard InChI is InChI=1S/C17H16N6O3/c1-10(2)11-3-5-12(6-4-11)17-19-21-22(20-17)14-8-7-13(16(18)24)9-15(14)23(25)26/h3-10H,1-2H3,(H2,18,24). The van der Waals surface area contributed by atoms with Gasteiger partial charge in [-0.1, -0.05) is 38.1 Å². The molecule has 3 aromatic rings. The van der Waals surface area contributed by atoms with Crippen molar-refractivity contribution < 1.29 is 9.72 Å². The van der Waals surface area contributed by atoms with E-state index in [2.05, 4.69) is 29.3 Å². The third-order valence-electron chi connectivity index (χ3n) is 3.92. The zero-order valence-corrected chi connectivity index (χ0v) is 14.2. The largest absolute Gasteiger partial charge is 0.366 e. The van der Waals surface area contributed by atoms with Crippen molar-refractivity contribution >= 4 is 11.6 Å². The van der Waals surface area contributed by atoms with Gasteiger partial charge in [0, 0.05) is 17.2 Å². The number of aromatic nitrogens is 4. The topological polar surface area (TPSA) is 130 Å². The van der Waals surface area contributed by atoms with E-state index in [9.17, 15) is 14.9 Å². The maximum atomic E-state index is 11.3. The fourth-order valence-electron chi connectivity index (χ4n) is 2.44. The number of hydrogen-bond acceptors (Lipinski definition) is 6. The van der Waals surface area contributed by atoms with Crippen LogP contribution in [0.25, 0.3) is 17.1 Å². The first-order valence-electron chi connectivity index (χ1n) is 7.86. The molecule has 0 bridgehead atoms. The number of rotatable bonds is 5. The highest BCUT2D eigenvalue weighted by Gasteiger charge is 2.20. The zero-order chi connectivity index (χ0) is 18.8. The van der Waals surface area contributed by atoms with Gasteiger partial charge in [-0.2, -0.15) is 0 Å². The molecule has 1 heterocycles. The van der Waals surface area contributed by atoms with Crippen LogP contribution in [0.4, 0.5) is 5.69 Å². The smallest absolute Gasteiger partial charge is 0.297 e. The maximum absolute atomic E-state index is 11.3. The molecule has 1 aromatic heterocycles. The second-order valence-corrected chi connectivity index (χ2v) is 6.00. The Labute approximate surface area is 148 Å². The number of amides is 1. The number of nitrogens with two attached hydrogens (primary N) is 1. The summed E-state index contributed by atoms with van der Waals surface area (Å²) in [5, 5.41) is 23.4. The van der Waals surface area contributed by atoms with Crippen molar-refractivity contribution in [2.45, 2.75) is 19.8 Å². The van der Waals surface area contributed by atoms with Crippen molar-refractivity contribution in [2.24, 2.45) is 5.73 Å². The Balaban J connectivity index is 1.99. The first-order chi connectivity index (χ1) is 12.4. The molecule has 0 aliphatic carbocycles. The monoisotopic (exact) mass is 352 g/mol. The Morgan fingerprint density at radius 2 is 1.88 bits per heavy atom. The number of benzene rings is 2. The van der Waals surface area contributed by atoms with E-state index in [1.807, 2.05) is 24.3 Å². The summed E-state index contributed by atoms with van der Waals surface area (Å²) in [4.78, 5) is 23.0. The van der Waals surface area contributed by atoms with Crippen LogP contribution in [0, 0.1) is 10.1 Å². The molecule has 26 heavy (non-hydrogen) atoms. The van der Waals surface area contributed by atoms with E-state index in [0.29, 0.717) is 11.7 Å². The minimum absolute atomic E-state index is 0.0325. The van der Waals surface area contributed by atoms with Gasteiger partial charge < -0.3 is 5.73 Å². The molecular weight excluding hydrogens is 336 g/mol. The number of primary amides is 1. The first kappa shape index (κ1) is 17.2. The summed E-state index contributed by atoms with van der Waals surface area (Å²) < 4.78 is 0. The van der Waals surface area contributed by atoms with E-state index in [1.165, 1.54) is 17.7 Å². The minimum Gasteiger partial charge on any atom is -0.366 e. The molecule has 0 saturated heterocycles. The number of nitro benzene ring substituents is 1. The SMILES string of the molecule is CC(C)c1ccc(-c2nnn(-c3ccc(C(N)=O)cc3[N+](=O)[O-])n2)cc1. The van der Waals surface area contributed by atoms with Crippen LogP contribution in [0.5, 0.6) is 0 Å². The van der Waals surface area contributed by atoms with Gasteiger partial charge in [0.25, 0.3) is 5.69 Å². The molecule has 0 unspecified atom stereocenters. The van der Waals surface area contributed by atoms with Crippen LogP contribution in [0.15, 0.2) is 42.5 Å². The molecule has 1 amide bonds. The van der Waals surface area contributed by atoms with E-state index in [0.717, 1.165) is 16.4 Å². The summed E-state index contributed by atoms with van der Waals surface area (Å²) in [7, 11) is 0. The molecule has 3 rings (SSSR count). The van der Waals surface area contributed by atoms with Crippen molar-refractivity contribution in [3.05, 3.63) is 63.7 Å². The van der Waals surface area contributed by atoms with Gasteiger partial charge >= 0.3 is 0 Å². The highest BCUT2D eigenvalue weighted by Crippen LogP contribution is 2.24. The number of nitro groups is 1. The lowest BCUT2D eigenvalue weighted by atomic mass is 10.0. The highest BCUT2D eigenvalue weighted by molar-refractivity contribution is 5.94. The summed E-state index contributed by atoms with van der Waals surface area (Å²) >= 11 is 0. The Morgan fingerprint density at radius 1 is 1.19 bits per heavy atom. The van der Waals surface area contributed by atoms with Gasteiger partial charge in [0.05, 0.1) is 4.92 Å². The summed E-state index contributed by atoms with van der Waals surface area (Å²) in [6.45, 7) is 4.19. The van der Waals surface area contributed by atoms with E-state index in [1.54, 1.807) is 0 Å². The van der Waals surface area contributed by atoms with Crippen LogP contribution >= 0.6 is 0 Å². The second-order valence-electron chi connectivity index (χ2n) is 6.00. The van der Waals surface area contributed by atoms with Gasteiger partial charge in [-0.3, -0.25) is 14.9 Å². The number of carbonyl (C=O) groups excluding carboxylic acids is 1. The molecule has 0 saturated carbocycles. The van der Waals surface area contributed by atoms with Crippen molar-refractivity contribution in [1.29, 1.82) is 0 Å². The lowest BCUT2D eigenvalue weighted by Crippen LogP contribution is -2.12. The van der Waals surface area contributed by atoms with Crippen LogP contribution < -0.4 is 5.73 Å². The quantitative estimate of drug-likeness (QED) is 0.554. The Bertz CT molecular complexity index is 978. The van der Waals surface area contributed by atoms with Gasteiger partial charge in [-0.05, 0) is 28.8 Å². The number of nitrogens with zero attached hydrogens (tertiary/aromatic N) is 5. The lowest BCUT2D eigenvalue weighted by Gasteiger charge is -2.04. The van der Waals surface area contributed by atoms with Crippen LogP contribution in [-0.4, -0.2) is 31.0 Å². The molecule has 2 aromatic carbocycles. The number of hydrogen-bond donors (Lipinski definition) is 1.